The third kappa shape index (κ3) is 10.3. The molecular formula is C35H36F6N4O6S3. The lowest BCUT2D eigenvalue weighted by Gasteiger charge is -2.24. The Morgan fingerprint density at radius 3 is 1.57 bits per heavy atom. The summed E-state index contributed by atoms with van der Waals surface area (Å²) in [5.41, 5.74) is -2.26. The molecule has 0 amide bonds. The molecule has 0 bridgehead atoms. The quantitative estimate of drug-likeness (QED) is 0.119. The minimum atomic E-state index is -4.94. The third-order valence-electron chi connectivity index (χ3n) is 8.75. The number of benzene rings is 3. The summed E-state index contributed by atoms with van der Waals surface area (Å²) < 4.78 is 137. The SMILES string of the molecule is O=C(O)c1ccccc1-c1ccc(S(=O)(=O)NC2CCNCC2)c(C(F)(F)F)c1.O=S(=O)(NC1CCNCC1)c1ccc(-c2cccs2)cc1C(F)(F)F. The highest BCUT2D eigenvalue weighted by molar-refractivity contribution is 7.89. The first kappa shape index (κ1) is 41.3. The lowest BCUT2D eigenvalue weighted by Crippen LogP contribution is -2.43. The van der Waals surface area contributed by atoms with Crippen molar-refractivity contribution in [1.29, 1.82) is 0 Å². The fourth-order valence-corrected chi connectivity index (χ4v) is 9.85. The number of carboxylic acid groups (broad SMARTS) is 1. The summed E-state index contributed by atoms with van der Waals surface area (Å²) in [6.07, 6.45) is -7.64. The first-order valence-electron chi connectivity index (χ1n) is 16.6. The van der Waals surface area contributed by atoms with Crippen molar-refractivity contribution >= 4 is 37.4 Å². The molecule has 0 spiro atoms. The predicted molar refractivity (Wildman–Crippen MR) is 191 cm³/mol. The van der Waals surface area contributed by atoms with E-state index in [2.05, 4.69) is 20.1 Å². The van der Waals surface area contributed by atoms with E-state index in [9.17, 15) is 53.1 Å². The molecule has 3 aromatic carbocycles. The van der Waals surface area contributed by atoms with Crippen molar-refractivity contribution in [3.8, 4) is 21.6 Å². The minimum absolute atomic E-state index is 0.0314. The van der Waals surface area contributed by atoms with Gasteiger partial charge in [0.1, 0.15) is 0 Å². The molecule has 54 heavy (non-hydrogen) atoms. The molecule has 10 nitrogen and oxygen atoms in total. The zero-order chi connectivity index (χ0) is 39.3. The standard InChI is InChI=1S/C19H19F3N2O4S.C16H17F3N2O2S2/c20-19(21,22)16-11-12(14-3-1-2-4-15(14)18(25)26)5-6-17(16)29(27,28)24-13-7-9-23-10-8-13;17-16(18,19)13-10-11(14-2-1-9-24-14)3-4-15(13)25(22,23)21-12-5-7-20-8-6-12/h1-6,11,13,23-24H,7-10H2,(H,25,26);1-4,9-10,12,20-21H,5-8H2. The molecule has 2 fully saturated rings. The van der Waals surface area contributed by atoms with Crippen LogP contribution in [0.15, 0.2) is 88.0 Å². The number of aromatic carboxylic acids is 1. The zero-order valence-corrected chi connectivity index (χ0v) is 30.7. The molecule has 5 N–H and O–H groups in total. The van der Waals surface area contributed by atoms with Crippen LogP contribution in [0.4, 0.5) is 26.3 Å². The molecule has 0 saturated carbocycles. The third-order valence-corrected chi connectivity index (χ3v) is 12.8. The zero-order valence-electron chi connectivity index (χ0n) is 28.3. The Hall–Kier alpha value is -3.85. The van der Waals surface area contributed by atoms with Crippen molar-refractivity contribution < 1.29 is 53.1 Å². The number of carboxylic acids is 1. The van der Waals surface area contributed by atoms with E-state index in [4.69, 9.17) is 0 Å². The fourth-order valence-electron chi connectivity index (χ4n) is 6.10. The number of hydrogen-bond acceptors (Lipinski definition) is 8. The average Bonchev–Trinajstić information content (AvgIpc) is 3.67. The smallest absolute Gasteiger partial charge is 0.417 e. The van der Waals surface area contributed by atoms with Gasteiger partial charge in [-0.15, -0.1) is 11.3 Å². The molecule has 292 valence electrons. The Kier molecular flexibility index (Phi) is 12.9. The summed E-state index contributed by atoms with van der Waals surface area (Å²) in [6.45, 7) is 2.42. The van der Waals surface area contributed by atoms with Crippen molar-refractivity contribution in [3.63, 3.8) is 0 Å². The number of sulfonamides is 2. The molecule has 0 radical (unpaired) electrons. The summed E-state index contributed by atoms with van der Waals surface area (Å²) in [5.74, 6) is -1.29. The van der Waals surface area contributed by atoms with Gasteiger partial charge in [-0.1, -0.05) is 36.4 Å². The maximum atomic E-state index is 13.7. The van der Waals surface area contributed by atoms with Crippen molar-refractivity contribution in [2.24, 2.45) is 0 Å². The molecule has 19 heteroatoms. The molecule has 0 unspecified atom stereocenters. The maximum Gasteiger partial charge on any atom is 0.417 e. The van der Waals surface area contributed by atoms with Crippen molar-refractivity contribution in [2.75, 3.05) is 26.2 Å². The van der Waals surface area contributed by atoms with Crippen LogP contribution in [0.25, 0.3) is 21.6 Å². The van der Waals surface area contributed by atoms with Crippen LogP contribution in [-0.2, 0) is 32.4 Å². The number of carbonyl (C=O) groups is 1. The Bertz CT molecular complexity index is 2150. The highest BCUT2D eigenvalue weighted by Gasteiger charge is 2.39. The first-order chi connectivity index (χ1) is 25.4. The van der Waals surface area contributed by atoms with E-state index in [-0.39, 0.29) is 22.7 Å². The van der Waals surface area contributed by atoms with E-state index in [1.165, 1.54) is 47.7 Å². The van der Waals surface area contributed by atoms with Crippen LogP contribution < -0.4 is 20.1 Å². The molecule has 2 aliphatic heterocycles. The van der Waals surface area contributed by atoms with E-state index < -0.39 is 65.3 Å². The van der Waals surface area contributed by atoms with Gasteiger partial charge in [-0.25, -0.2) is 31.1 Å². The molecule has 3 heterocycles. The highest BCUT2D eigenvalue weighted by Crippen LogP contribution is 2.39. The van der Waals surface area contributed by atoms with E-state index in [1.54, 1.807) is 17.5 Å². The monoisotopic (exact) mass is 818 g/mol. The highest BCUT2D eigenvalue weighted by atomic mass is 32.2. The Balaban J connectivity index is 0.000000210. The van der Waals surface area contributed by atoms with Gasteiger partial charge in [0.25, 0.3) is 0 Å². The van der Waals surface area contributed by atoms with Crippen molar-refractivity contribution in [2.45, 2.75) is 59.9 Å². The Labute approximate surface area is 312 Å². The van der Waals surface area contributed by atoms with Gasteiger partial charge in [-0.3, -0.25) is 0 Å². The number of piperidine rings is 2. The van der Waals surface area contributed by atoms with Gasteiger partial charge in [-0.05, 0) is 110 Å². The number of nitrogens with one attached hydrogen (secondary N) is 4. The largest absolute Gasteiger partial charge is 0.478 e. The molecular weight excluding hydrogens is 783 g/mol. The van der Waals surface area contributed by atoms with Gasteiger partial charge in [0.2, 0.25) is 20.0 Å². The summed E-state index contributed by atoms with van der Waals surface area (Å²) in [7, 11) is -8.67. The summed E-state index contributed by atoms with van der Waals surface area (Å²) in [5, 5.41) is 17.2. The number of hydrogen-bond donors (Lipinski definition) is 5. The number of halogens is 6. The average molecular weight is 819 g/mol. The molecule has 1 aromatic heterocycles. The van der Waals surface area contributed by atoms with E-state index in [1.807, 2.05) is 0 Å². The van der Waals surface area contributed by atoms with Crippen molar-refractivity contribution in [3.05, 3.63) is 94.9 Å². The molecule has 2 saturated heterocycles. The summed E-state index contributed by atoms with van der Waals surface area (Å²) in [6, 6.07) is 14.3. The lowest BCUT2D eigenvalue weighted by atomic mass is 9.98. The van der Waals surface area contributed by atoms with E-state index in [0.717, 1.165) is 18.2 Å². The van der Waals surface area contributed by atoms with Gasteiger partial charge in [0.15, 0.2) is 0 Å². The van der Waals surface area contributed by atoms with Crippen LogP contribution in [0, 0.1) is 0 Å². The Morgan fingerprint density at radius 2 is 1.13 bits per heavy atom. The lowest BCUT2D eigenvalue weighted by molar-refractivity contribution is -0.140. The Morgan fingerprint density at radius 1 is 0.667 bits per heavy atom. The van der Waals surface area contributed by atoms with Gasteiger partial charge in [-0.2, -0.15) is 26.3 Å². The van der Waals surface area contributed by atoms with Gasteiger partial charge >= 0.3 is 18.3 Å². The normalized spacial score (nSPS) is 16.4. The van der Waals surface area contributed by atoms with Gasteiger partial charge < -0.3 is 15.7 Å². The number of alkyl halides is 6. The van der Waals surface area contributed by atoms with Gasteiger partial charge in [0.05, 0.1) is 26.5 Å². The predicted octanol–water partition coefficient (Wildman–Crippen LogP) is 6.57. The summed E-state index contributed by atoms with van der Waals surface area (Å²) >= 11 is 1.30. The molecule has 6 rings (SSSR count). The van der Waals surface area contributed by atoms with Crippen LogP contribution in [0.2, 0.25) is 0 Å². The molecule has 0 aliphatic carbocycles. The van der Waals surface area contributed by atoms with E-state index >= 15 is 0 Å². The second kappa shape index (κ2) is 16.9. The van der Waals surface area contributed by atoms with Crippen LogP contribution in [-0.4, -0.2) is 66.2 Å². The van der Waals surface area contributed by atoms with Crippen LogP contribution in [0.5, 0.6) is 0 Å². The minimum Gasteiger partial charge on any atom is -0.478 e. The number of thiophene rings is 1. The first-order valence-corrected chi connectivity index (χ1v) is 20.5. The van der Waals surface area contributed by atoms with Crippen LogP contribution >= 0.6 is 11.3 Å². The molecule has 4 aromatic rings. The van der Waals surface area contributed by atoms with Crippen LogP contribution in [0.3, 0.4) is 0 Å². The van der Waals surface area contributed by atoms with E-state index in [0.29, 0.717) is 68.4 Å². The second-order valence-electron chi connectivity index (χ2n) is 12.5. The number of rotatable bonds is 9. The van der Waals surface area contributed by atoms with Crippen molar-refractivity contribution in [1.82, 2.24) is 20.1 Å². The van der Waals surface area contributed by atoms with Crippen LogP contribution in [0.1, 0.15) is 47.2 Å². The molecule has 2 aliphatic rings. The fraction of sp³-hybridized carbons (Fsp3) is 0.343. The van der Waals surface area contributed by atoms with Gasteiger partial charge in [0, 0.05) is 17.0 Å². The molecule has 0 atom stereocenters. The topological polar surface area (TPSA) is 154 Å². The second-order valence-corrected chi connectivity index (χ2v) is 16.8. The maximum absolute atomic E-state index is 13.7. The summed E-state index contributed by atoms with van der Waals surface area (Å²) in [4.78, 5) is 10.4.